The minimum atomic E-state index is -0.594. The predicted molar refractivity (Wildman–Crippen MR) is 77.8 cm³/mol. The van der Waals surface area contributed by atoms with Crippen LogP contribution in [0.3, 0.4) is 0 Å². The van der Waals surface area contributed by atoms with Gasteiger partial charge in [-0.2, -0.15) is 0 Å². The van der Waals surface area contributed by atoms with Crippen LogP contribution in [-0.2, 0) is 10.2 Å². The first-order valence-corrected chi connectivity index (χ1v) is 7.95. The maximum atomic E-state index is 11.9. The van der Waals surface area contributed by atoms with Crippen molar-refractivity contribution in [1.29, 1.82) is 0 Å². The lowest BCUT2D eigenvalue weighted by Crippen LogP contribution is -2.57. The Bertz CT molecular complexity index is 537. The van der Waals surface area contributed by atoms with Gasteiger partial charge in [0.05, 0.1) is 5.92 Å². The Balaban J connectivity index is 1.83. The molecule has 106 valence electrons. The van der Waals surface area contributed by atoms with E-state index in [2.05, 4.69) is 12.1 Å². The molecule has 1 aromatic carbocycles. The molecule has 0 aromatic heterocycles. The van der Waals surface area contributed by atoms with Crippen LogP contribution in [0.25, 0.3) is 0 Å². The molecule has 0 amide bonds. The topological polar surface area (TPSA) is 37.3 Å². The highest BCUT2D eigenvalue weighted by Crippen LogP contribution is 2.63. The zero-order chi connectivity index (χ0) is 13.9. The average molecular weight is 291 g/mol. The summed E-state index contributed by atoms with van der Waals surface area (Å²) in [6.07, 6.45) is 5.68. The molecule has 4 aliphatic rings. The van der Waals surface area contributed by atoms with Crippen molar-refractivity contribution < 1.29 is 9.90 Å². The van der Waals surface area contributed by atoms with Gasteiger partial charge in [-0.05, 0) is 67.6 Å². The van der Waals surface area contributed by atoms with E-state index in [0.29, 0.717) is 5.92 Å². The predicted octanol–water partition coefficient (Wildman–Crippen LogP) is 4.12. The van der Waals surface area contributed by atoms with Crippen LogP contribution < -0.4 is 0 Å². The first-order chi connectivity index (χ1) is 9.58. The van der Waals surface area contributed by atoms with Crippen molar-refractivity contribution in [3.05, 3.63) is 34.9 Å². The van der Waals surface area contributed by atoms with Crippen LogP contribution in [-0.4, -0.2) is 11.1 Å². The fourth-order valence-corrected chi connectivity index (χ4v) is 5.80. The van der Waals surface area contributed by atoms with E-state index < -0.39 is 5.97 Å². The average Bonchev–Trinajstić information content (AvgIpc) is 2.37. The number of carboxylic acid groups (broad SMARTS) is 1. The third-order valence-electron chi connectivity index (χ3n) is 6.00. The minimum Gasteiger partial charge on any atom is -0.481 e. The molecule has 4 fully saturated rings. The number of benzene rings is 1. The van der Waals surface area contributed by atoms with Gasteiger partial charge >= 0.3 is 5.97 Å². The number of rotatable bonds is 2. The Hall–Kier alpha value is -1.02. The normalized spacial score (nSPS) is 41.9. The highest BCUT2D eigenvalue weighted by Gasteiger charge is 2.60. The molecule has 0 saturated heterocycles. The molecule has 4 aliphatic carbocycles. The third-order valence-corrected chi connectivity index (χ3v) is 6.25. The zero-order valence-corrected chi connectivity index (χ0v) is 12.1. The van der Waals surface area contributed by atoms with E-state index >= 15 is 0 Å². The largest absolute Gasteiger partial charge is 0.481 e. The summed E-state index contributed by atoms with van der Waals surface area (Å²) >= 11 is 6.00. The summed E-state index contributed by atoms with van der Waals surface area (Å²) in [4.78, 5) is 11.9. The molecule has 2 nitrogen and oxygen atoms in total. The van der Waals surface area contributed by atoms with Crippen LogP contribution in [0.2, 0.25) is 5.02 Å². The first-order valence-electron chi connectivity index (χ1n) is 7.57. The Kier molecular flexibility index (Phi) is 2.69. The van der Waals surface area contributed by atoms with Crippen molar-refractivity contribution in [3.8, 4) is 0 Å². The molecule has 4 saturated carbocycles. The lowest BCUT2D eigenvalue weighted by molar-refractivity contribution is -0.159. The number of hydrogen-bond acceptors (Lipinski definition) is 1. The summed E-state index contributed by atoms with van der Waals surface area (Å²) < 4.78 is 0. The van der Waals surface area contributed by atoms with Gasteiger partial charge < -0.3 is 5.11 Å². The molecule has 0 aliphatic heterocycles. The molecule has 4 bridgehead atoms. The Morgan fingerprint density at radius 1 is 1.10 bits per heavy atom. The van der Waals surface area contributed by atoms with Crippen LogP contribution in [0.4, 0.5) is 0 Å². The second-order valence-corrected chi connectivity index (χ2v) is 7.52. The zero-order valence-electron chi connectivity index (χ0n) is 11.4. The molecule has 0 spiro atoms. The summed E-state index contributed by atoms with van der Waals surface area (Å²) in [5, 5.41) is 10.5. The molecule has 3 heteroatoms. The number of carboxylic acids is 1. The van der Waals surface area contributed by atoms with Crippen LogP contribution in [0.5, 0.6) is 0 Å². The third kappa shape index (κ3) is 1.67. The molecular formula is C17H19ClO2. The van der Waals surface area contributed by atoms with Crippen molar-refractivity contribution in [2.75, 3.05) is 0 Å². The molecular weight excluding hydrogens is 272 g/mol. The number of aliphatic carboxylic acids is 1. The fourth-order valence-electron chi connectivity index (χ4n) is 5.68. The monoisotopic (exact) mass is 290 g/mol. The van der Waals surface area contributed by atoms with E-state index in [4.69, 9.17) is 11.6 Å². The van der Waals surface area contributed by atoms with E-state index in [-0.39, 0.29) is 11.3 Å². The Morgan fingerprint density at radius 3 is 2.25 bits per heavy atom. The van der Waals surface area contributed by atoms with Crippen molar-refractivity contribution in [1.82, 2.24) is 0 Å². The van der Waals surface area contributed by atoms with Gasteiger partial charge in [-0.1, -0.05) is 23.7 Å². The highest BCUT2D eigenvalue weighted by atomic mass is 35.5. The lowest BCUT2D eigenvalue weighted by atomic mass is 9.43. The highest BCUT2D eigenvalue weighted by molar-refractivity contribution is 6.30. The second-order valence-electron chi connectivity index (χ2n) is 7.09. The second kappa shape index (κ2) is 4.24. The molecule has 0 heterocycles. The number of carbonyl (C=O) groups is 1. The minimum absolute atomic E-state index is 0.134. The van der Waals surface area contributed by atoms with Crippen LogP contribution in [0.1, 0.15) is 37.7 Å². The van der Waals surface area contributed by atoms with Crippen molar-refractivity contribution in [3.63, 3.8) is 0 Å². The van der Waals surface area contributed by atoms with Crippen LogP contribution in [0.15, 0.2) is 24.3 Å². The molecule has 20 heavy (non-hydrogen) atoms. The maximum absolute atomic E-state index is 11.9. The molecule has 1 aromatic rings. The van der Waals surface area contributed by atoms with Crippen molar-refractivity contribution in [2.24, 2.45) is 23.7 Å². The van der Waals surface area contributed by atoms with Gasteiger partial charge in [0.2, 0.25) is 0 Å². The summed E-state index contributed by atoms with van der Waals surface area (Å²) in [5.74, 6) is 1.06. The van der Waals surface area contributed by atoms with Gasteiger partial charge in [-0.15, -0.1) is 0 Å². The Labute approximate surface area is 124 Å². The van der Waals surface area contributed by atoms with E-state index in [1.54, 1.807) is 0 Å². The summed E-state index contributed by atoms with van der Waals surface area (Å²) in [6.45, 7) is 0. The fraction of sp³-hybridized carbons (Fsp3) is 0.588. The summed E-state index contributed by atoms with van der Waals surface area (Å²) in [6, 6.07) is 7.94. The quantitative estimate of drug-likeness (QED) is 0.889. The van der Waals surface area contributed by atoms with E-state index in [1.165, 1.54) is 12.0 Å². The van der Waals surface area contributed by atoms with Gasteiger partial charge in [0, 0.05) is 10.4 Å². The van der Waals surface area contributed by atoms with Gasteiger partial charge in [0.15, 0.2) is 0 Å². The van der Waals surface area contributed by atoms with E-state index in [9.17, 15) is 9.90 Å². The molecule has 3 atom stereocenters. The van der Waals surface area contributed by atoms with Crippen molar-refractivity contribution >= 4 is 17.6 Å². The number of halogens is 1. The molecule has 1 N–H and O–H groups in total. The molecule has 3 unspecified atom stereocenters. The van der Waals surface area contributed by atoms with Crippen molar-refractivity contribution in [2.45, 2.75) is 37.5 Å². The maximum Gasteiger partial charge on any atom is 0.307 e. The lowest BCUT2D eigenvalue weighted by Gasteiger charge is -2.60. The van der Waals surface area contributed by atoms with Crippen LogP contribution >= 0.6 is 11.6 Å². The van der Waals surface area contributed by atoms with E-state index in [1.807, 2.05) is 12.1 Å². The van der Waals surface area contributed by atoms with Gasteiger partial charge in [-0.25, -0.2) is 0 Å². The first kappa shape index (κ1) is 12.7. The smallest absolute Gasteiger partial charge is 0.307 e. The standard InChI is InChI=1S/C17H19ClO2/c18-14-3-1-13(2-4-14)17-8-10-5-11(9-17)7-12(6-10)15(17)16(19)20/h1-4,10-12,15H,5-9H2,(H,19,20). The Morgan fingerprint density at radius 2 is 1.70 bits per heavy atom. The summed E-state index contributed by atoms with van der Waals surface area (Å²) in [7, 11) is 0. The number of hydrogen-bond donors (Lipinski definition) is 1. The van der Waals surface area contributed by atoms with Crippen LogP contribution in [0, 0.1) is 23.7 Å². The molecule has 0 radical (unpaired) electrons. The SMILES string of the molecule is O=C(O)C1C2CC3CC(C2)CC1(c1ccc(Cl)cc1)C3. The van der Waals surface area contributed by atoms with E-state index in [0.717, 1.165) is 42.5 Å². The molecule has 5 rings (SSSR count). The summed E-state index contributed by atoms with van der Waals surface area (Å²) in [5.41, 5.74) is 1.07. The van der Waals surface area contributed by atoms with Gasteiger partial charge in [-0.3, -0.25) is 4.79 Å². The van der Waals surface area contributed by atoms with Gasteiger partial charge in [0.25, 0.3) is 0 Å². The van der Waals surface area contributed by atoms with Gasteiger partial charge in [0.1, 0.15) is 0 Å².